The minimum atomic E-state index is -4.31. The number of esters is 1. The Morgan fingerprint density at radius 2 is 1.83 bits per heavy atom. The third-order valence-corrected chi connectivity index (χ3v) is 4.54. The number of amides is 1. The smallest absolute Gasteiger partial charge is 0.336 e. The van der Waals surface area contributed by atoms with Crippen LogP contribution in [0.4, 0.5) is 0 Å². The highest BCUT2D eigenvalue weighted by Gasteiger charge is 2.48. The minimum absolute atomic E-state index is 0.136. The normalized spacial score (nSPS) is 15.9. The van der Waals surface area contributed by atoms with Crippen molar-refractivity contribution in [2.45, 2.75) is 47.1 Å². The van der Waals surface area contributed by atoms with Crippen LogP contribution in [0, 0.1) is 11.8 Å². The molecule has 0 aromatic rings. The maximum absolute atomic E-state index is 12.6. The van der Waals surface area contributed by atoms with Gasteiger partial charge in [0, 0.05) is 0 Å². The highest BCUT2D eigenvalue weighted by molar-refractivity contribution is 7.52. The van der Waals surface area contributed by atoms with Crippen molar-refractivity contribution in [3.63, 3.8) is 0 Å². The second-order valence-electron chi connectivity index (χ2n) is 6.12. The molecule has 0 bridgehead atoms. The van der Waals surface area contributed by atoms with Gasteiger partial charge < -0.3 is 19.8 Å². The summed E-state index contributed by atoms with van der Waals surface area (Å²) >= 11 is 0. The lowest BCUT2D eigenvalue weighted by molar-refractivity contribution is -0.152. The molecule has 134 valence electrons. The summed E-state index contributed by atoms with van der Waals surface area (Å²) in [4.78, 5) is 42.3. The number of hydrogen-bond acceptors (Lipinski definition) is 4. The lowest BCUT2D eigenvalue weighted by Crippen LogP contribution is -2.59. The maximum atomic E-state index is 12.6. The molecule has 0 aromatic heterocycles. The lowest BCUT2D eigenvalue weighted by Gasteiger charge is -2.40. The van der Waals surface area contributed by atoms with Crippen LogP contribution in [0.1, 0.15) is 41.5 Å². The Labute approximate surface area is 137 Å². The van der Waals surface area contributed by atoms with Crippen molar-refractivity contribution in [1.29, 1.82) is 0 Å². The van der Waals surface area contributed by atoms with E-state index in [1.54, 1.807) is 41.5 Å². The molecule has 1 unspecified atom stereocenters. The molecule has 0 aliphatic rings. The van der Waals surface area contributed by atoms with Crippen molar-refractivity contribution >= 4 is 20.0 Å². The number of carbonyl (C=O) groups excluding carboxylic acids is 2. The van der Waals surface area contributed by atoms with Crippen molar-refractivity contribution in [1.82, 2.24) is 5.32 Å². The molecular weight excluding hydrogens is 321 g/mol. The van der Waals surface area contributed by atoms with Gasteiger partial charge in [0.1, 0.15) is 0 Å². The molecule has 23 heavy (non-hydrogen) atoms. The first kappa shape index (κ1) is 21.8. The Morgan fingerprint density at radius 3 is 2.13 bits per heavy atom. The number of carbonyl (C=O) groups is 2. The second kappa shape index (κ2) is 8.62. The molecule has 1 atom stereocenters. The number of allylic oxidation sites excluding steroid dienone is 1. The largest absolute Gasteiger partial charge is 0.464 e. The first-order chi connectivity index (χ1) is 10.4. The Bertz CT molecular complexity index is 508. The summed E-state index contributed by atoms with van der Waals surface area (Å²) in [5, 5.41) is 2.56. The third-order valence-electron chi connectivity index (χ3n) is 3.66. The molecule has 0 heterocycles. The van der Waals surface area contributed by atoms with E-state index in [1.165, 1.54) is 0 Å². The van der Waals surface area contributed by atoms with Gasteiger partial charge in [-0.15, -0.1) is 0 Å². The number of rotatable bonds is 9. The first-order valence-electron chi connectivity index (χ1n) is 7.57. The maximum Gasteiger partial charge on any atom is 0.336 e. The summed E-state index contributed by atoms with van der Waals surface area (Å²) in [5.74, 6) is -1.22. The van der Waals surface area contributed by atoms with Gasteiger partial charge >= 0.3 is 13.6 Å². The quantitative estimate of drug-likeness (QED) is 0.253. The van der Waals surface area contributed by atoms with E-state index in [0.717, 1.165) is 0 Å². The molecule has 0 aliphatic heterocycles. The zero-order valence-corrected chi connectivity index (χ0v) is 15.5. The fraction of sp³-hybridized carbons (Fsp3) is 0.733. The molecule has 3 N–H and O–H groups in total. The van der Waals surface area contributed by atoms with E-state index in [0.29, 0.717) is 17.6 Å². The van der Waals surface area contributed by atoms with Gasteiger partial charge in [0.15, 0.2) is 5.54 Å². The van der Waals surface area contributed by atoms with Gasteiger partial charge in [-0.2, -0.15) is 0 Å². The second-order valence-corrected chi connectivity index (χ2v) is 7.76. The SMILES string of the molecule is CCOC(=O)C(NC=O)(C(=C(C)CP(=O)(O)O)C(C)C)C(C)C. The molecule has 0 aromatic carbocycles. The summed E-state index contributed by atoms with van der Waals surface area (Å²) in [6, 6.07) is 0. The van der Waals surface area contributed by atoms with E-state index in [4.69, 9.17) is 4.74 Å². The van der Waals surface area contributed by atoms with Gasteiger partial charge in [0.2, 0.25) is 6.41 Å². The van der Waals surface area contributed by atoms with Crippen LogP contribution in [-0.4, -0.2) is 40.5 Å². The van der Waals surface area contributed by atoms with Crippen LogP contribution in [-0.2, 0) is 18.9 Å². The van der Waals surface area contributed by atoms with E-state index in [1.807, 2.05) is 0 Å². The number of nitrogens with one attached hydrogen (secondary N) is 1. The molecule has 0 saturated heterocycles. The summed E-state index contributed by atoms with van der Waals surface area (Å²) in [5.41, 5.74) is -0.601. The van der Waals surface area contributed by atoms with Crippen LogP contribution >= 0.6 is 7.60 Å². The molecular formula is C15H28NO6P. The van der Waals surface area contributed by atoms with Crippen LogP contribution in [0.3, 0.4) is 0 Å². The minimum Gasteiger partial charge on any atom is -0.464 e. The molecule has 1 amide bonds. The van der Waals surface area contributed by atoms with Gasteiger partial charge in [0.05, 0.1) is 12.8 Å². The van der Waals surface area contributed by atoms with E-state index in [-0.39, 0.29) is 18.4 Å². The van der Waals surface area contributed by atoms with Crippen molar-refractivity contribution in [2.75, 3.05) is 12.8 Å². The Hall–Kier alpha value is -1.17. The zero-order valence-electron chi connectivity index (χ0n) is 14.6. The summed E-state index contributed by atoms with van der Waals surface area (Å²) in [6.07, 6.45) is -0.0566. The Kier molecular flexibility index (Phi) is 8.18. The highest BCUT2D eigenvalue weighted by atomic mass is 31.2. The Morgan fingerprint density at radius 1 is 1.30 bits per heavy atom. The van der Waals surface area contributed by atoms with E-state index < -0.39 is 25.3 Å². The average Bonchev–Trinajstić information content (AvgIpc) is 2.35. The van der Waals surface area contributed by atoms with E-state index in [9.17, 15) is 23.9 Å². The lowest BCUT2D eigenvalue weighted by atomic mass is 9.73. The fourth-order valence-electron chi connectivity index (χ4n) is 2.98. The first-order valence-corrected chi connectivity index (χ1v) is 9.37. The van der Waals surface area contributed by atoms with Gasteiger partial charge in [-0.1, -0.05) is 33.3 Å². The molecule has 0 spiro atoms. The van der Waals surface area contributed by atoms with Crippen molar-refractivity contribution in [3.05, 3.63) is 11.1 Å². The summed E-state index contributed by atoms with van der Waals surface area (Å²) in [6.45, 7) is 10.5. The monoisotopic (exact) mass is 349 g/mol. The molecule has 8 heteroatoms. The molecule has 0 radical (unpaired) electrons. The third kappa shape index (κ3) is 5.44. The fourth-order valence-corrected chi connectivity index (χ4v) is 3.76. The average molecular weight is 349 g/mol. The predicted octanol–water partition coefficient (Wildman–Crippen LogP) is 1.84. The van der Waals surface area contributed by atoms with Crippen LogP contribution < -0.4 is 5.32 Å². The number of hydrogen-bond donors (Lipinski definition) is 3. The van der Waals surface area contributed by atoms with Crippen LogP contribution in [0.5, 0.6) is 0 Å². The molecule has 0 saturated carbocycles. The van der Waals surface area contributed by atoms with E-state index in [2.05, 4.69) is 5.32 Å². The summed E-state index contributed by atoms with van der Waals surface area (Å²) < 4.78 is 16.5. The van der Waals surface area contributed by atoms with Gasteiger partial charge in [-0.05, 0) is 31.3 Å². The van der Waals surface area contributed by atoms with E-state index >= 15 is 0 Å². The van der Waals surface area contributed by atoms with Gasteiger partial charge in [0.25, 0.3) is 0 Å². The van der Waals surface area contributed by atoms with Crippen LogP contribution in [0.2, 0.25) is 0 Å². The highest BCUT2D eigenvalue weighted by Crippen LogP contribution is 2.42. The van der Waals surface area contributed by atoms with Crippen LogP contribution in [0.25, 0.3) is 0 Å². The van der Waals surface area contributed by atoms with Crippen molar-refractivity contribution < 1.29 is 28.7 Å². The Balaban J connectivity index is 6.45. The molecule has 0 aliphatic carbocycles. The zero-order chi connectivity index (χ0) is 18.4. The molecule has 0 rings (SSSR count). The van der Waals surface area contributed by atoms with Crippen LogP contribution in [0.15, 0.2) is 11.1 Å². The standard InChI is InChI=1S/C15H28NO6P/c1-7-22-14(18)15(11(4)5,16-9-17)13(10(2)3)12(6)8-23(19,20)21/h9-11H,7-8H2,1-6H3,(H,16,17)(H2,19,20,21). The van der Waals surface area contributed by atoms with Gasteiger partial charge in [-0.3, -0.25) is 9.36 Å². The van der Waals surface area contributed by atoms with Crippen molar-refractivity contribution in [2.24, 2.45) is 11.8 Å². The predicted molar refractivity (Wildman–Crippen MR) is 87.9 cm³/mol. The molecule has 0 fully saturated rings. The van der Waals surface area contributed by atoms with Gasteiger partial charge in [-0.25, -0.2) is 4.79 Å². The molecule has 7 nitrogen and oxygen atoms in total. The summed E-state index contributed by atoms with van der Waals surface area (Å²) in [7, 11) is -4.31. The van der Waals surface area contributed by atoms with Crippen molar-refractivity contribution in [3.8, 4) is 0 Å². The topological polar surface area (TPSA) is 113 Å². The number of ether oxygens (including phenoxy) is 1.